The highest BCUT2D eigenvalue weighted by molar-refractivity contribution is 6.05. The Morgan fingerprint density at radius 3 is 2.66 bits per heavy atom. The first kappa shape index (κ1) is 19.7. The van der Waals surface area contributed by atoms with Crippen LogP contribution in [0.4, 0.5) is 11.4 Å². The molecule has 0 unspecified atom stereocenters. The van der Waals surface area contributed by atoms with Gasteiger partial charge in [-0.2, -0.15) is 0 Å². The van der Waals surface area contributed by atoms with Gasteiger partial charge in [0, 0.05) is 12.6 Å². The molecule has 1 aliphatic carbocycles. The lowest BCUT2D eigenvalue weighted by molar-refractivity contribution is -0.129. The Labute approximate surface area is 171 Å². The molecule has 7 nitrogen and oxygen atoms in total. The van der Waals surface area contributed by atoms with Crippen LogP contribution < -0.4 is 15.5 Å². The van der Waals surface area contributed by atoms with Crippen LogP contribution in [-0.2, 0) is 14.3 Å². The lowest BCUT2D eigenvalue weighted by Gasteiger charge is -2.33. The second-order valence-electron chi connectivity index (χ2n) is 8.32. The van der Waals surface area contributed by atoms with E-state index in [2.05, 4.69) is 15.5 Å². The van der Waals surface area contributed by atoms with E-state index in [9.17, 15) is 14.4 Å². The van der Waals surface area contributed by atoms with E-state index in [1.807, 2.05) is 6.07 Å². The molecule has 2 amide bonds. The molecule has 156 valence electrons. The number of carbonyl (C=O) groups is 3. The van der Waals surface area contributed by atoms with Crippen molar-refractivity contribution in [2.24, 2.45) is 0 Å². The molecule has 4 rings (SSSR count). The highest BCUT2D eigenvalue weighted by Crippen LogP contribution is 2.37. The molecule has 1 aromatic carbocycles. The molecule has 1 saturated heterocycles. The van der Waals surface area contributed by atoms with Gasteiger partial charge in [0.1, 0.15) is 6.04 Å². The third-order valence-electron chi connectivity index (χ3n) is 6.21. The van der Waals surface area contributed by atoms with E-state index in [0.29, 0.717) is 11.3 Å². The van der Waals surface area contributed by atoms with Crippen molar-refractivity contribution in [3.05, 3.63) is 23.8 Å². The maximum absolute atomic E-state index is 12.6. The average Bonchev–Trinajstić information content (AvgIpc) is 3.07. The summed E-state index contributed by atoms with van der Waals surface area (Å²) in [6, 6.07) is 5.23. The number of ether oxygens (including phenoxy) is 1. The fraction of sp³-hybridized carbons (Fsp3) is 0.591. The number of carbonyl (C=O) groups excluding carboxylic acids is 3. The standard InChI is InChI=1S/C22H29N3O4/c1-14(20(26)23-16-7-4-2-3-5-8-16)29-22(28)15-10-11-18-17(13-15)24-21(27)19-9-6-12-25(18)19/h10-11,13-14,16,19H,2-9,12H2,1H3,(H,23,26)(H,24,27)/t14-,19-/m0/s1. The average molecular weight is 399 g/mol. The summed E-state index contributed by atoms with van der Waals surface area (Å²) in [6.45, 7) is 2.44. The lowest BCUT2D eigenvalue weighted by atomic mass is 10.1. The largest absolute Gasteiger partial charge is 0.449 e. The molecule has 2 heterocycles. The predicted molar refractivity (Wildman–Crippen MR) is 110 cm³/mol. The minimum atomic E-state index is -0.862. The van der Waals surface area contributed by atoms with Crippen LogP contribution in [0.15, 0.2) is 18.2 Å². The minimum absolute atomic E-state index is 0.0309. The summed E-state index contributed by atoms with van der Waals surface area (Å²) < 4.78 is 5.40. The summed E-state index contributed by atoms with van der Waals surface area (Å²) in [7, 11) is 0. The summed E-state index contributed by atoms with van der Waals surface area (Å²) in [5.74, 6) is -0.845. The molecule has 7 heteroatoms. The van der Waals surface area contributed by atoms with Crippen molar-refractivity contribution < 1.29 is 19.1 Å². The van der Waals surface area contributed by atoms with E-state index in [1.165, 1.54) is 12.8 Å². The summed E-state index contributed by atoms with van der Waals surface area (Å²) in [6.07, 6.45) is 7.60. The van der Waals surface area contributed by atoms with E-state index >= 15 is 0 Å². The van der Waals surface area contributed by atoms with Gasteiger partial charge in [-0.3, -0.25) is 9.59 Å². The topological polar surface area (TPSA) is 87.7 Å². The SMILES string of the molecule is C[C@H](OC(=O)c1ccc2c(c1)NC(=O)[C@@H]1CCCN21)C(=O)NC1CCCCCC1. The van der Waals surface area contributed by atoms with Gasteiger partial charge >= 0.3 is 5.97 Å². The van der Waals surface area contributed by atoms with Gasteiger partial charge in [-0.25, -0.2) is 4.79 Å². The predicted octanol–water partition coefficient (Wildman–Crippen LogP) is 2.99. The molecule has 1 aromatic rings. The monoisotopic (exact) mass is 399 g/mol. The third-order valence-corrected chi connectivity index (χ3v) is 6.21. The van der Waals surface area contributed by atoms with Gasteiger partial charge < -0.3 is 20.3 Å². The zero-order valence-electron chi connectivity index (χ0n) is 16.9. The van der Waals surface area contributed by atoms with E-state index in [-0.39, 0.29) is 23.9 Å². The normalized spacial score (nSPS) is 22.7. The Balaban J connectivity index is 1.39. The van der Waals surface area contributed by atoms with E-state index in [1.54, 1.807) is 19.1 Å². The molecule has 0 radical (unpaired) electrons. The molecule has 3 aliphatic rings. The second kappa shape index (κ2) is 8.43. The van der Waals surface area contributed by atoms with Crippen molar-refractivity contribution in [2.45, 2.75) is 76.5 Å². The van der Waals surface area contributed by atoms with Gasteiger partial charge in [0.05, 0.1) is 16.9 Å². The Morgan fingerprint density at radius 2 is 1.90 bits per heavy atom. The van der Waals surface area contributed by atoms with Crippen molar-refractivity contribution >= 4 is 29.2 Å². The van der Waals surface area contributed by atoms with Gasteiger partial charge in [0.2, 0.25) is 5.91 Å². The van der Waals surface area contributed by atoms with Gasteiger partial charge in [0.15, 0.2) is 6.10 Å². The summed E-state index contributed by atoms with van der Waals surface area (Å²) in [5.41, 5.74) is 1.89. The van der Waals surface area contributed by atoms with E-state index in [0.717, 1.165) is 50.8 Å². The van der Waals surface area contributed by atoms with Crippen molar-refractivity contribution in [2.75, 3.05) is 16.8 Å². The highest BCUT2D eigenvalue weighted by atomic mass is 16.5. The van der Waals surface area contributed by atoms with Crippen LogP contribution in [0.25, 0.3) is 0 Å². The number of fused-ring (bicyclic) bond motifs is 3. The molecule has 2 aliphatic heterocycles. The van der Waals surface area contributed by atoms with Gasteiger partial charge in [-0.1, -0.05) is 25.7 Å². The fourth-order valence-electron chi connectivity index (χ4n) is 4.58. The van der Waals surface area contributed by atoms with Crippen LogP contribution in [0.5, 0.6) is 0 Å². The van der Waals surface area contributed by atoms with Crippen LogP contribution in [0.2, 0.25) is 0 Å². The highest BCUT2D eigenvalue weighted by Gasteiger charge is 2.36. The number of rotatable bonds is 4. The maximum atomic E-state index is 12.6. The zero-order valence-corrected chi connectivity index (χ0v) is 16.9. The number of nitrogens with zero attached hydrogens (tertiary/aromatic N) is 1. The summed E-state index contributed by atoms with van der Waals surface area (Å²) in [4.78, 5) is 39.4. The number of hydrogen-bond acceptors (Lipinski definition) is 5. The molecule has 2 fully saturated rings. The molecule has 2 atom stereocenters. The molecular formula is C22H29N3O4. The van der Waals surface area contributed by atoms with Crippen molar-refractivity contribution in [3.63, 3.8) is 0 Å². The Bertz CT molecular complexity index is 801. The minimum Gasteiger partial charge on any atom is -0.449 e. The van der Waals surface area contributed by atoms with Gasteiger partial charge in [0.25, 0.3) is 5.91 Å². The first-order valence-electron chi connectivity index (χ1n) is 10.8. The molecule has 2 N–H and O–H groups in total. The van der Waals surface area contributed by atoms with E-state index < -0.39 is 12.1 Å². The molecular weight excluding hydrogens is 370 g/mol. The molecule has 0 aromatic heterocycles. The van der Waals surface area contributed by atoms with Crippen molar-refractivity contribution in [1.82, 2.24) is 5.32 Å². The molecule has 0 bridgehead atoms. The van der Waals surface area contributed by atoms with Crippen LogP contribution >= 0.6 is 0 Å². The number of amides is 2. The lowest BCUT2D eigenvalue weighted by Crippen LogP contribution is -2.44. The number of hydrogen-bond donors (Lipinski definition) is 2. The Hall–Kier alpha value is -2.57. The fourth-order valence-corrected chi connectivity index (χ4v) is 4.58. The first-order valence-corrected chi connectivity index (χ1v) is 10.8. The number of anilines is 2. The number of nitrogens with one attached hydrogen (secondary N) is 2. The summed E-state index contributed by atoms with van der Waals surface area (Å²) >= 11 is 0. The third kappa shape index (κ3) is 4.23. The zero-order chi connectivity index (χ0) is 20.4. The van der Waals surface area contributed by atoms with Crippen LogP contribution in [0.1, 0.15) is 68.6 Å². The summed E-state index contributed by atoms with van der Waals surface area (Å²) in [5, 5.41) is 5.91. The number of esters is 1. The maximum Gasteiger partial charge on any atom is 0.338 e. The smallest absolute Gasteiger partial charge is 0.338 e. The van der Waals surface area contributed by atoms with Crippen LogP contribution in [-0.4, -0.2) is 42.5 Å². The van der Waals surface area contributed by atoms with Crippen molar-refractivity contribution in [1.29, 1.82) is 0 Å². The molecule has 29 heavy (non-hydrogen) atoms. The van der Waals surface area contributed by atoms with Gasteiger partial charge in [-0.05, 0) is 50.8 Å². The molecule has 1 saturated carbocycles. The Morgan fingerprint density at radius 1 is 1.14 bits per heavy atom. The Kier molecular flexibility index (Phi) is 5.74. The second-order valence-corrected chi connectivity index (χ2v) is 8.32. The van der Waals surface area contributed by atoms with Gasteiger partial charge in [-0.15, -0.1) is 0 Å². The quantitative estimate of drug-likeness (QED) is 0.600. The number of benzene rings is 1. The van der Waals surface area contributed by atoms with Crippen LogP contribution in [0.3, 0.4) is 0 Å². The van der Waals surface area contributed by atoms with E-state index in [4.69, 9.17) is 4.74 Å². The first-order chi connectivity index (χ1) is 14.0. The van der Waals surface area contributed by atoms with Crippen LogP contribution in [0, 0.1) is 0 Å². The molecule has 0 spiro atoms. The van der Waals surface area contributed by atoms with Crippen molar-refractivity contribution in [3.8, 4) is 0 Å².